The third kappa shape index (κ3) is 9.91. The van der Waals surface area contributed by atoms with Gasteiger partial charge in [-0.2, -0.15) is 0 Å². The van der Waals surface area contributed by atoms with Gasteiger partial charge in [-0.1, -0.05) is 183 Å². The predicted molar refractivity (Wildman–Crippen MR) is 187 cm³/mol. The lowest BCUT2D eigenvalue weighted by Gasteiger charge is -2.21. The first-order valence-corrected chi connectivity index (χ1v) is 19.2. The van der Waals surface area contributed by atoms with Crippen molar-refractivity contribution >= 4 is 26.5 Å². The summed E-state index contributed by atoms with van der Waals surface area (Å²) < 4.78 is 0. The normalized spacial score (nSPS) is 21.3. The largest absolute Gasteiger partial charge is 0.0677 e. The number of rotatable bonds is 8. The zero-order chi connectivity index (χ0) is 28.5. The third-order valence-electron chi connectivity index (χ3n) is 8.26. The Morgan fingerprint density at radius 2 is 0.805 bits per heavy atom. The highest BCUT2D eigenvalue weighted by Gasteiger charge is 2.29. The second-order valence-electron chi connectivity index (χ2n) is 11.3. The predicted octanol–water partition coefficient (Wildman–Crippen LogP) is 11.6. The average molecular weight is 581 g/mol. The van der Waals surface area contributed by atoms with Crippen LogP contribution in [0.25, 0.3) is 0 Å². The van der Waals surface area contributed by atoms with E-state index < -0.39 is 0 Å². The first-order chi connectivity index (χ1) is 20.3. The van der Waals surface area contributed by atoms with Gasteiger partial charge in [-0.3, -0.25) is 0 Å². The molecule has 0 saturated carbocycles. The first-order valence-electron chi connectivity index (χ1n) is 16.0. The summed E-state index contributed by atoms with van der Waals surface area (Å²) in [4.78, 5) is 0. The van der Waals surface area contributed by atoms with Gasteiger partial charge in [0.1, 0.15) is 0 Å². The molecular weight excluding hydrogens is 530 g/mol. The van der Waals surface area contributed by atoms with Crippen LogP contribution < -0.4 is 10.6 Å². The number of hydrogen-bond donors (Lipinski definition) is 0. The van der Waals surface area contributed by atoms with Crippen LogP contribution >= 0.6 is 15.8 Å². The molecule has 0 spiro atoms. The molecule has 2 heteroatoms. The van der Waals surface area contributed by atoms with E-state index in [0.717, 1.165) is 11.3 Å². The zero-order valence-corrected chi connectivity index (χ0v) is 27.2. The first kappa shape index (κ1) is 31.7. The molecule has 4 atom stereocenters. The molecule has 0 amide bonds. The minimum atomic E-state index is 0.0201. The summed E-state index contributed by atoms with van der Waals surface area (Å²) in [6, 6.07) is 44.3. The van der Waals surface area contributed by atoms with Crippen LogP contribution in [0.2, 0.25) is 0 Å². The van der Waals surface area contributed by atoms with Crippen LogP contribution in [0, 0.1) is 0 Å². The van der Waals surface area contributed by atoms with Gasteiger partial charge in [0.05, 0.1) is 0 Å². The van der Waals surface area contributed by atoms with E-state index in [0.29, 0.717) is 0 Å². The van der Waals surface area contributed by atoms with Crippen molar-refractivity contribution in [3.63, 3.8) is 0 Å². The maximum atomic E-state index is 2.31. The Morgan fingerprint density at radius 3 is 1.15 bits per heavy atom. The van der Waals surface area contributed by atoms with E-state index >= 15 is 0 Å². The lowest BCUT2D eigenvalue weighted by molar-refractivity contribution is 0.656. The van der Waals surface area contributed by atoms with Gasteiger partial charge in [-0.25, -0.2) is 0 Å². The Labute approximate surface area is 253 Å². The molecule has 0 radical (unpaired) electrons. The van der Waals surface area contributed by atoms with E-state index in [1.54, 1.807) is 21.7 Å². The van der Waals surface area contributed by atoms with Gasteiger partial charge in [0, 0.05) is 11.3 Å². The standard InChI is InChI=1S/2C16H17P.C7H16/c2*1-3-8-14(9-4-1)16-12-7-13-17(16)15-10-5-2-6-11-15;1-3-5-7-6-4-2/h2*1-6,8-11,16H,7,12-13H2;3-7H2,1-2H3. The summed E-state index contributed by atoms with van der Waals surface area (Å²) >= 11 is 0. The zero-order valence-electron chi connectivity index (χ0n) is 25.4. The Hall–Kier alpha value is -2.26. The molecule has 2 saturated heterocycles. The maximum Gasteiger partial charge on any atom is 0.00820 e. The summed E-state index contributed by atoms with van der Waals surface area (Å²) in [5, 5.41) is 3.16. The van der Waals surface area contributed by atoms with E-state index in [2.05, 4.69) is 135 Å². The van der Waals surface area contributed by atoms with Gasteiger partial charge in [-0.05, 0) is 59.7 Å². The van der Waals surface area contributed by atoms with Crippen LogP contribution in [0.4, 0.5) is 0 Å². The van der Waals surface area contributed by atoms with Crippen LogP contribution in [-0.4, -0.2) is 12.3 Å². The molecule has 216 valence electrons. The molecule has 4 aromatic carbocycles. The van der Waals surface area contributed by atoms with Crippen molar-refractivity contribution in [3.05, 3.63) is 132 Å². The summed E-state index contributed by atoms with van der Waals surface area (Å²) in [5.41, 5.74) is 4.65. The van der Waals surface area contributed by atoms with Crippen molar-refractivity contribution in [3.8, 4) is 0 Å². The highest BCUT2D eigenvalue weighted by atomic mass is 31.1. The number of benzene rings is 4. The van der Waals surface area contributed by atoms with Crippen molar-refractivity contribution in [2.24, 2.45) is 0 Å². The molecule has 4 unspecified atom stereocenters. The van der Waals surface area contributed by atoms with Gasteiger partial charge in [0.15, 0.2) is 0 Å². The molecule has 0 aliphatic carbocycles. The van der Waals surface area contributed by atoms with E-state index in [-0.39, 0.29) is 15.8 Å². The molecule has 6 rings (SSSR count). The van der Waals surface area contributed by atoms with Gasteiger partial charge in [0.2, 0.25) is 0 Å². The van der Waals surface area contributed by atoms with Crippen molar-refractivity contribution in [2.75, 3.05) is 12.3 Å². The second kappa shape index (κ2) is 18.3. The topological polar surface area (TPSA) is 0 Å². The van der Waals surface area contributed by atoms with Gasteiger partial charge in [0.25, 0.3) is 0 Å². The monoisotopic (exact) mass is 580 g/mol. The average Bonchev–Trinajstić information content (AvgIpc) is 3.75. The highest BCUT2D eigenvalue weighted by Crippen LogP contribution is 2.59. The van der Waals surface area contributed by atoms with Crippen molar-refractivity contribution < 1.29 is 0 Å². The Morgan fingerprint density at radius 1 is 0.463 bits per heavy atom. The maximum absolute atomic E-state index is 2.31. The smallest absolute Gasteiger partial charge is 0.00820 e. The quantitative estimate of drug-likeness (QED) is 0.144. The molecule has 41 heavy (non-hydrogen) atoms. The molecule has 0 aromatic heterocycles. The fourth-order valence-corrected chi connectivity index (χ4v) is 12.2. The molecule has 2 aliphatic heterocycles. The highest BCUT2D eigenvalue weighted by molar-refractivity contribution is 7.66. The van der Waals surface area contributed by atoms with Crippen molar-refractivity contribution in [2.45, 2.75) is 83.0 Å². The Bertz CT molecular complexity index is 1010. The fourth-order valence-electron chi connectivity index (χ4n) is 6.11. The minimum absolute atomic E-state index is 0.0201. The fraction of sp³-hybridized carbons (Fsp3) is 0.385. The van der Waals surface area contributed by atoms with Crippen molar-refractivity contribution in [1.82, 2.24) is 0 Å². The van der Waals surface area contributed by atoms with Gasteiger partial charge in [-0.15, -0.1) is 0 Å². The van der Waals surface area contributed by atoms with Gasteiger partial charge >= 0.3 is 0 Å². The summed E-state index contributed by atoms with van der Waals surface area (Å²) in [7, 11) is 0.0401. The molecule has 4 aromatic rings. The van der Waals surface area contributed by atoms with Gasteiger partial charge < -0.3 is 0 Å². The van der Waals surface area contributed by atoms with E-state index in [9.17, 15) is 0 Å². The lowest BCUT2D eigenvalue weighted by Crippen LogP contribution is -2.04. The number of hydrogen-bond acceptors (Lipinski definition) is 0. The van der Waals surface area contributed by atoms with Crippen LogP contribution in [0.3, 0.4) is 0 Å². The molecule has 2 heterocycles. The molecule has 2 fully saturated rings. The summed E-state index contributed by atoms with van der Waals surface area (Å²) in [6.45, 7) is 4.49. The molecule has 0 N–H and O–H groups in total. The molecular formula is C39H50P2. The number of unbranched alkanes of at least 4 members (excludes halogenated alkanes) is 4. The second-order valence-corrected chi connectivity index (χ2v) is 16.3. The third-order valence-corrected chi connectivity index (χ3v) is 14.4. The van der Waals surface area contributed by atoms with E-state index in [1.165, 1.54) is 70.1 Å². The van der Waals surface area contributed by atoms with Crippen LogP contribution in [-0.2, 0) is 0 Å². The van der Waals surface area contributed by atoms with Crippen LogP contribution in [0.5, 0.6) is 0 Å². The molecule has 2 aliphatic rings. The van der Waals surface area contributed by atoms with Crippen molar-refractivity contribution in [1.29, 1.82) is 0 Å². The summed E-state index contributed by atoms with van der Waals surface area (Å²) in [5.74, 6) is 0. The Balaban J connectivity index is 0.000000155. The summed E-state index contributed by atoms with van der Waals surface area (Å²) in [6.07, 6.45) is 15.3. The van der Waals surface area contributed by atoms with E-state index in [4.69, 9.17) is 0 Å². The Kier molecular flexibility index (Phi) is 14.1. The van der Waals surface area contributed by atoms with Crippen LogP contribution in [0.15, 0.2) is 121 Å². The molecule has 0 bridgehead atoms. The van der Waals surface area contributed by atoms with E-state index in [1.807, 2.05) is 0 Å². The molecule has 0 nitrogen and oxygen atoms in total. The SMILES string of the molecule is CCCCCCC.c1ccc(C2CCCP2c2ccccc2)cc1.c1ccc(C2CCCP2c2ccccc2)cc1. The minimum Gasteiger partial charge on any atom is -0.0677 e. The van der Waals surface area contributed by atoms with Crippen LogP contribution in [0.1, 0.15) is 94.1 Å². The lowest BCUT2D eigenvalue weighted by atomic mass is 10.1.